The molecule has 0 aromatic carbocycles. The van der Waals surface area contributed by atoms with Gasteiger partial charge in [-0.25, -0.2) is 9.78 Å². The Morgan fingerprint density at radius 1 is 1.33 bits per heavy atom. The third kappa shape index (κ3) is 0.955. The number of hydrogen-bond donors (Lipinski definition) is 2. The normalized spacial score (nSPS) is 11.6. The number of aromatic amines is 2. The fourth-order valence-electron chi connectivity index (χ4n) is 1.67. The van der Waals surface area contributed by atoms with Gasteiger partial charge < -0.3 is 4.98 Å². The van der Waals surface area contributed by atoms with E-state index >= 15 is 0 Å². The van der Waals surface area contributed by atoms with Crippen molar-refractivity contribution in [1.29, 1.82) is 0 Å². The van der Waals surface area contributed by atoms with Crippen LogP contribution in [0.3, 0.4) is 0 Å². The maximum Gasteiger partial charge on any atom is 0.325 e. The number of nitrogens with one attached hydrogen (secondary N) is 2. The molecule has 0 atom stereocenters. The highest BCUT2D eigenvalue weighted by Gasteiger charge is 2.10. The van der Waals surface area contributed by atoms with Crippen LogP contribution in [0.2, 0.25) is 0 Å². The van der Waals surface area contributed by atoms with Crippen LogP contribution in [-0.2, 0) is 0 Å². The molecule has 0 aliphatic heterocycles. The van der Waals surface area contributed by atoms with Crippen molar-refractivity contribution in [2.75, 3.05) is 0 Å². The summed E-state index contributed by atoms with van der Waals surface area (Å²) in [7, 11) is 0. The Morgan fingerprint density at radius 3 is 2.93 bits per heavy atom. The first-order valence-corrected chi connectivity index (χ1v) is 4.60. The number of aryl methyl sites for hydroxylation is 2. The minimum absolute atomic E-state index is 0.245. The van der Waals surface area contributed by atoms with Gasteiger partial charge in [-0.15, -0.1) is 0 Å². The van der Waals surface area contributed by atoms with E-state index in [9.17, 15) is 4.79 Å². The van der Waals surface area contributed by atoms with E-state index in [1.54, 1.807) is 10.7 Å². The van der Waals surface area contributed by atoms with Crippen molar-refractivity contribution in [2.45, 2.75) is 13.8 Å². The molecular formula is C9H9N5O. The van der Waals surface area contributed by atoms with Crippen LogP contribution < -0.4 is 5.69 Å². The van der Waals surface area contributed by atoms with E-state index in [2.05, 4.69) is 20.1 Å². The highest BCUT2D eigenvalue weighted by atomic mass is 16.1. The lowest BCUT2D eigenvalue weighted by atomic mass is 10.3. The number of nitrogens with zero attached hydrogens (tertiary/aromatic N) is 3. The molecule has 0 unspecified atom stereocenters. The molecule has 0 aliphatic carbocycles. The zero-order valence-electron chi connectivity index (χ0n) is 8.33. The van der Waals surface area contributed by atoms with Gasteiger partial charge in [-0.1, -0.05) is 0 Å². The molecule has 6 nitrogen and oxygen atoms in total. The molecule has 3 heterocycles. The maximum absolute atomic E-state index is 11.1. The molecule has 6 heteroatoms. The predicted molar refractivity (Wildman–Crippen MR) is 54.9 cm³/mol. The van der Waals surface area contributed by atoms with Crippen molar-refractivity contribution in [3.05, 3.63) is 27.9 Å². The van der Waals surface area contributed by atoms with Crippen molar-refractivity contribution in [3.8, 4) is 0 Å². The molecule has 3 aromatic rings. The van der Waals surface area contributed by atoms with Gasteiger partial charge >= 0.3 is 5.69 Å². The Labute approximate surface area is 84.0 Å². The van der Waals surface area contributed by atoms with Gasteiger partial charge in [0.05, 0.1) is 11.9 Å². The highest BCUT2D eigenvalue weighted by molar-refractivity contribution is 5.73. The van der Waals surface area contributed by atoms with Crippen LogP contribution in [0.25, 0.3) is 16.8 Å². The van der Waals surface area contributed by atoms with Gasteiger partial charge in [0.2, 0.25) is 0 Å². The molecule has 3 rings (SSSR count). The minimum Gasteiger partial charge on any atom is -0.303 e. The number of fused-ring (bicyclic) bond motifs is 3. The van der Waals surface area contributed by atoms with Crippen LogP contribution in [-0.4, -0.2) is 24.6 Å². The molecule has 0 saturated heterocycles. The van der Waals surface area contributed by atoms with E-state index in [4.69, 9.17) is 0 Å². The second-order valence-corrected chi connectivity index (χ2v) is 3.55. The number of hydrogen-bond acceptors (Lipinski definition) is 3. The van der Waals surface area contributed by atoms with Gasteiger partial charge in [0, 0.05) is 5.56 Å². The molecule has 2 N–H and O–H groups in total. The molecule has 0 saturated carbocycles. The quantitative estimate of drug-likeness (QED) is 0.559. The van der Waals surface area contributed by atoms with Crippen LogP contribution in [0.4, 0.5) is 0 Å². The number of aromatic nitrogens is 5. The highest BCUT2D eigenvalue weighted by Crippen LogP contribution is 2.14. The first kappa shape index (κ1) is 8.22. The summed E-state index contributed by atoms with van der Waals surface area (Å²) in [6.45, 7) is 3.88. The SMILES string of the molecule is Cc1nn2c(ncc3[nH]c(=O)[nH]c32)c1C. The molecule has 0 fully saturated rings. The van der Waals surface area contributed by atoms with Crippen molar-refractivity contribution >= 4 is 16.8 Å². The summed E-state index contributed by atoms with van der Waals surface area (Å²) in [5.74, 6) is 0. The number of rotatable bonds is 0. The van der Waals surface area contributed by atoms with Crippen molar-refractivity contribution in [1.82, 2.24) is 24.6 Å². The number of H-pyrrole nitrogens is 2. The molecule has 76 valence electrons. The van der Waals surface area contributed by atoms with Gasteiger partial charge in [-0.05, 0) is 13.8 Å². The van der Waals surface area contributed by atoms with E-state index in [1.807, 2.05) is 13.8 Å². The van der Waals surface area contributed by atoms with E-state index < -0.39 is 0 Å². The van der Waals surface area contributed by atoms with Gasteiger partial charge in [-0.3, -0.25) is 4.98 Å². The van der Waals surface area contributed by atoms with E-state index in [-0.39, 0.29) is 5.69 Å². The monoisotopic (exact) mass is 203 g/mol. The minimum atomic E-state index is -0.245. The summed E-state index contributed by atoms with van der Waals surface area (Å²) in [5, 5.41) is 4.32. The zero-order chi connectivity index (χ0) is 10.6. The molecule has 15 heavy (non-hydrogen) atoms. The van der Waals surface area contributed by atoms with Crippen molar-refractivity contribution in [2.24, 2.45) is 0 Å². The molecular weight excluding hydrogens is 194 g/mol. The van der Waals surface area contributed by atoms with Crippen LogP contribution in [0.5, 0.6) is 0 Å². The summed E-state index contributed by atoms with van der Waals surface area (Å²) < 4.78 is 1.65. The molecule has 0 aliphatic rings. The topological polar surface area (TPSA) is 78.8 Å². The Kier molecular flexibility index (Phi) is 1.35. The second kappa shape index (κ2) is 2.47. The molecule has 0 bridgehead atoms. The van der Waals surface area contributed by atoms with Crippen LogP contribution >= 0.6 is 0 Å². The molecule has 0 amide bonds. The van der Waals surface area contributed by atoms with E-state index in [1.165, 1.54) is 0 Å². The van der Waals surface area contributed by atoms with E-state index in [0.717, 1.165) is 16.9 Å². The standard InChI is InChI=1S/C9H9N5O/c1-4-5(2)13-14-7(4)10-3-6-8(14)12-9(15)11-6/h3H,1-2H3,(H2,11,12,15). The molecule has 3 aromatic heterocycles. The molecule has 0 radical (unpaired) electrons. The van der Waals surface area contributed by atoms with Gasteiger partial charge in [0.1, 0.15) is 5.52 Å². The second-order valence-electron chi connectivity index (χ2n) is 3.55. The third-order valence-electron chi connectivity index (χ3n) is 2.59. The fourth-order valence-corrected chi connectivity index (χ4v) is 1.67. The lowest BCUT2D eigenvalue weighted by Crippen LogP contribution is -2.00. The zero-order valence-corrected chi connectivity index (χ0v) is 8.33. The molecule has 0 spiro atoms. The Morgan fingerprint density at radius 2 is 2.13 bits per heavy atom. The van der Waals surface area contributed by atoms with Crippen molar-refractivity contribution in [3.63, 3.8) is 0 Å². The maximum atomic E-state index is 11.1. The first-order valence-electron chi connectivity index (χ1n) is 4.60. The van der Waals surface area contributed by atoms with Crippen LogP contribution in [0.15, 0.2) is 11.0 Å². The Balaban J connectivity index is 2.64. The summed E-state index contributed by atoms with van der Waals surface area (Å²) in [6, 6.07) is 0. The van der Waals surface area contributed by atoms with Gasteiger partial charge in [0.15, 0.2) is 11.3 Å². The summed E-state index contributed by atoms with van der Waals surface area (Å²) in [5.41, 5.74) is 3.78. The summed E-state index contributed by atoms with van der Waals surface area (Å²) >= 11 is 0. The van der Waals surface area contributed by atoms with Gasteiger partial charge in [-0.2, -0.15) is 9.61 Å². The van der Waals surface area contributed by atoms with Gasteiger partial charge in [0.25, 0.3) is 0 Å². The number of imidazole rings is 1. The lowest BCUT2D eigenvalue weighted by Gasteiger charge is -1.93. The average Bonchev–Trinajstić information content (AvgIpc) is 2.69. The lowest BCUT2D eigenvalue weighted by molar-refractivity contribution is 0.941. The predicted octanol–water partition coefficient (Wildman–Crippen LogP) is 0.516. The third-order valence-corrected chi connectivity index (χ3v) is 2.59. The van der Waals surface area contributed by atoms with Crippen molar-refractivity contribution < 1.29 is 0 Å². The summed E-state index contributed by atoms with van der Waals surface area (Å²) in [4.78, 5) is 20.7. The summed E-state index contributed by atoms with van der Waals surface area (Å²) in [6.07, 6.45) is 1.64. The Hall–Kier alpha value is -2.11. The largest absolute Gasteiger partial charge is 0.325 e. The fraction of sp³-hybridized carbons (Fsp3) is 0.222. The Bertz CT molecular complexity index is 717. The first-order chi connectivity index (χ1) is 7.16. The average molecular weight is 203 g/mol. The van der Waals surface area contributed by atoms with E-state index in [0.29, 0.717) is 11.2 Å². The van der Waals surface area contributed by atoms with Crippen LogP contribution in [0.1, 0.15) is 11.3 Å². The smallest absolute Gasteiger partial charge is 0.303 e. The van der Waals surface area contributed by atoms with Crippen LogP contribution in [0, 0.1) is 13.8 Å².